The molecule has 1 atom stereocenters. The number of nitrogens with zero attached hydrogens (tertiary/aromatic N) is 1. The average molecular weight is 411 g/mol. The number of benzene rings is 1. The lowest BCUT2D eigenvalue weighted by atomic mass is 9.91. The Balaban J connectivity index is 1.22. The van der Waals surface area contributed by atoms with Crippen LogP contribution in [0.5, 0.6) is 0 Å². The minimum atomic E-state index is -0.0665. The van der Waals surface area contributed by atoms with E-state index >= 15 is 0 Å². The second-order valence-electron chi connectivity index (χ2n) is 8.44. The third-order valence-corrected chi connectivity index (χ3v) is 7.10. The fraction of sp³-hybridized carbons (Fsp3) is 0.667. The summed E-state index contributed by atoms with van der Waals surface area (Å²) in [6, 6.07) is 5.29. The van der Waals surface area contributed by atoms with Crippen LogP contribution < -0.4 is 5.32 Å². The van der Waals surface area contributed by atoms with Crippen molar-refractivity contribution in [1.29, 1.82) is 0 Å². The maximum Gasteiger partial charge on any atom is 0.251 e. The van der Waals surface area contributed by atoms with Crippen molar-refractivity contribution in [2.75, 3.05) is 32.8 Å². The quantitative estimate of drug-likeness (QED) is 0.781. The summed E-state index contributed by atoms with van der Waals surface area (Å²) in [5.74, 6) is 0.773. The van der Waals surface area contributed by atoms with E-state index in [1.54, 1.807) is 18.2 Å². The van der Waals surface area contributed by atoms with E-state index in [-0.39, 0.29) is 5.91 Å². The van der Waals surface area contributed by atoms with Crippen LogP contribution in [0.3, 0.4) is 0 Å². The number of carbonyl (C=O) groups is 1. The normalized spacial score (nSPS) is 25.5. The van der Waals surface area contributed by atoms with Gasteiger partial charge in [-0.3, -0.25) is 4.79 Å². The molecule has 3 aliphatic rings. The van der Waals surface area contributed by atoms with Gasteiger partial charge in [-0.2, -0.15) is 0 Å². The lowest BCUT2D eigenvalue weighted by Gasteiger charge is -2.34. The molecular weight excluding hydrogens is 383 g/mol. The molecule has 6 heteroatoms. The molecule has 148 valence electrons. The number of amides is 1. The van der Waals surface area contributed by atoms with Crippen LogP contribution in [-0.4, -0.2) is 49.7 Å². The molecule has 27 heavy (non-hydrogen) atoms. The van der Waals surface area contributed by atoms with Crippen LogP contribution >= 0.6 is 23.2 Å². The van der Waals surface area contributed by atoms with E-state index < -0.39 is 0 Å². The topological polar surface area (TPSA) is 41.6 Å². The molecule has 1 spiro atoms. The summed E-state index contributed by atoms with van der Waals surface area (Å²) < 4.78 is 5.45. The summed E-state index contributed by atoms with van der Waals surface area (Å²) in [4.78, 5) is 15.1. The fourth-order valence-electron chi connectivity index (χ4n) is 4.65. The van der Waals surface area contributed by atoms with Crippen LogP contribution in [0, 0.1) is 11.3 Å². The van der Waals surface area contributed by atoms with Gasteiger partial charge in [-0.1, -0.05) is 23.2 Å². The summed E-state index contributed by atoms with van der Waals surface area (Å²) in [5, 5.41) is 4.19. The highest BCUT2D eigenvalue weighted by atomic mass is 35.5. The van der Waals surface area contributed by atoms with Crippen molar-refractivity contribution in [3.8, 4) is 0 Å². The van der Waals surface area contributed by atoms with Crippen molar-refractivity contribution in [1.82, 2.24) is 10.2 Å². The number of hydrogen-bond donors (Lipinski definition) is 1. The fourth-order valence-corrected chi connectivity index (χ4v) is 5.18. The predicted molar refractivity (Wildman–Crippen MR) is 109 cm³/mol. The lowest BCUT2D eigenvalue weighted by Crippen LogP contribution is -2.39. The summed E-state index contributed by atoms with van der Waals surface area (Å²) in [7, 11) is 0. The van der Waals surface area contributed by atoms with Gasteiger partial charge in [0, 0.05) is 34.9 Å². The third kappa shape index (κ3) is 4.79. The summed E-state index contributed by atoms with van der Waals surface area (Å²) >= 11 is 12.0. The molecule has 4 rings (SSSR count). The number of piperidine rings is 1. The average Bonchev–Trinajstić information content (AvgIpc) is 3.32. The van der Waals surface area contributed by atoms with Gasteiger partial charge in [0.05, 0.1) is 0 Å². The lowest BCUT2D eigenvalue weighted by molar-refractivity contribution is 0.0574. The molecule has 1 aromatic carbocycles. The summed E-state index contributed by atoms with van der Waals surface area (Å²) in [5.41, 5.74) is 0.858. The van der Waals surface area contributed by atoms with E-state index in [9.17, 15) is 4.79 Å². The smallest absolute Gasteiger partial charge is 0.251 e. The summed E-state index contributed by atoms with van der Waals surface area (Å²) in [6.07, 6.45) is 7.20. The zero-order valence-electron chi connectivity index (χ0n) is 15.7. The van der Waals surface area contributed by atoms with Crippen molar-refractivity contribution in [3.63, 3.8) is 0 Å². The van der Waals surface area contributed by atoms with Crippen molar-refractivity contribution >= 4 is 29.1 Å². The second-order valence-corrected chi connectivity index (χ2v) is 9.31. The maximum atomic E-state index is 12.5. The zero-order chi connectivity index (χ0) is 18.9. The van der Waals surface area contributed by atoms with Crippen LogP contribution in [0.4, 0.5) is 0 Å². The van der Waals surface area contributed by atoms with Gasteiger partial charge in [-0.15, -0.1) is 0 Å². The highest BCUT2D eigenvalue weighted by Crippen LogP contribution is 2.54. The van der Waals surface area contributed by atoms with Gasteiger partial charge in [0.1, 0.15) is 0 Å². The first-order valence-electron chi connectivity index (χ1n) is 10.1. The van der Waals surface area contributed by atoms with E-state index in [2.05, 4.69) is 10.2 Å². The van der Waals surface area contributed by atoms with Gasteiger partial charge >= 0.3 is 0 Å². The minimum absolute atomic E-state index is 0.0665. The molecular formula is C21H28Cl2N2O2. The monoisotopic (exact) mass is 410 g/mol. The molecule has 1 N–H and O–H groups in total. The van der Waals surface area contributed by atoms with Gasteiger partial charge in [0.2, 0.25) is 0 Å². The van der Waals surface area contributed by atoms with Gasteiger partial charge in [-0.25, -0.2) is 0 Å². The van der Waals surface area contributed by atoms with Crippen LogP contribution in [0.25, 0.3) is 0 Å². The summed E-state index contributed by atoms with van der Waals surface area (Å²) in [6.45, 7) is 5.38. The highest BCUT2D eigenvalue weighted by molar-refractivity contribution is 6.35. The van der Waals surface area contributed by atoms with Gasteiger partial charge in [-0.05, 0) is 87.7 Å². The van der Waals surface area contributed by atoms with Crippen molar-refractivity contribution in [2.24, 2.45) is 11.3 Å². The Morgan fingerprint density at radius 2 is 1.81 bits per heavy atom. The zero-order valence-corrected chi connectivity index (χ0v) is 17.2. The number of halogens is 2. The molecule has 4 nitrogen and oxygen atoms in total. The molecule has 0 bridgehead atoms. The molecule has 2 aliphatic heterocycles. The van der Waals surface area contributed by atoms with Crippen molar-refractivity contribution in [2.45, 2.75) is 44.6 Å². The minimum Gasteiger partial charge on any atom is -0.381 e. The number of rotatable bonds is 5. The van der Waals surface area contributed by atoms with Crippen molar-refractivity contribution in [3.05, 3.63) is 33.8 Å². The molecule has 1 amide bonds. The molecule has 1 saturated carbocycles. The van der Waals surface area contributed by atoms with Crippen LogP contribution in [0.1, 0.15) is 48.9 Å². The third-order valence-electron chi connectivity index (χ3n) is 6.67. The van der Waals surface area contributed by atoms with Crippen LogP contribution in [0.15, 0.2) is 18.2 Å². The Bertz CT molecular complexity index is 663. The van der Waals surface area contributed by atoms with Crippen molar-refractivity contribution < 1.29 is 9.53 Å². The van der Waals surface area contributed by atoms with Gasteiger partial charge < -0.3 is 15.0 Å². The van der Waals surface area contributed by atoms with E-state index in [0.29, 0.717) is 27.1 Å². The number of ether oxygens (including phenoxy) is 1. The molecule has 3 fully saturated rings. The Hall–Kier alpha value is -0.810. The first kappa shape index (κ1) is 19.5. The Morgan fingerprint density at radius 3 is 2.48 bits per heavy atom. The molecule has 1 unspecified atom stereocenters. The molecule has 1 aromatic rings. The first-order chi connectivity index (χ1) is 13.0. The number of carbonyl (C=O) groups excluding carboxylic acids is 1. The van der Waals surface area contributed by atoms with Gasteiger partial charge in [0.25, 0.3) is 5.91 Å². The van der Waals surface area contributed by atoms with E-state index in [1.165, 1.54) is 38.6 Å². The Morgan fingerprint density at radius 1 is 1.15 bits per heavy atom. The Labute approximate surface area is 171 Å². The SMILES string of the molecule is O=C(NC1CC12CCN(CCC1CCOCC1)CC2)c1cc(Cl)cc(Cl)c1. The molecule has 0 radical (unpaired) electrons. The largest absolute Gasteiger partial charge is 0.381 e. The van der Waals surface area contributed by atoms with E-state index in [0.717, 1.165) is 38.6 Å². The predicted octanol–water partition coefficient (Wildman–Crippen LogP) is 4.39. The number of likely N-dealkylation sites (tertiary alicyclic amines) is 1. The molecule has 0 aromatic heterocycles. The van der Waals surface area contributed by atoms with Crippen LogP contribution in [-0.2, 0) is 4.74 Å². The molecule has 1 aliphatic carbocycles. The van der Waals surface area contributed by atoms with E-state index in [4.69, 9.17) is 27.9 Å². The number of hydrogen-bond acceptors (Lipinski definition) is 3. The highest BCUT2D eigenvalue weighted by Gasteiger charge is 2.55. The van der Waals surface area contributed by atoms with Crippen LogP contribution in [0.2, 0.25) is 10.0 Å². The Kier molecular flexibility index (Phi) is 5.98. The standard InChI is InChI=1S/C21H28Cl2N2O2/c22-17-11-16(12-18(23)13-17)20(26)24-19-14-21(19)4-7-25(8-5-21)6-1-15-2-9-27-10-3-15/h11-13,15,19H,1-10,14H2,(H,24,26). The van der Waals surface area contributed by atoms with Gasteiger partial charge in [0.15, 0.2) is 0 Å². The molecule has 2 saturated heterocycles. The molecule has 2 heterocycles. The van der Waals surface area contributed by atoms with E-state index in [1.807, 2.05) is 0 Å². The number of nitrogens with one attached hydrogen (secondary N) is 1. The first-order valence-corrected chi connectivity index (χ1v) is 10.9. The maximum absolute atomic E-state index is 12.5. The second kappa shape index (κ2) is 8.28.